The molecule has 0 aliphatic heterocycles. The summed E-state index contributed by atoms with van der Waals surface area (Å²) < 4.78 is 41.3. The number of hydrogen-bond acceptors (Lipinski definition) is 3. The smallest absolute Gasteiger partial charge is 0.381 e. The first-order valence-corrected chi connectivity index (χ1v) is 4.82. The lowest BCUT2D eigenvalue weighted by atomic mass is 10.1. The minimum absolute atomic E-state index is 0.203. The van der Waals surface area contributed by atoms with Crippen molar-refractivity contribution in [3.63, 3.8) is 0 Å². The molecule has 1 aromatic carbocycles. The molecule has 0 fully saturated rings. The molecular formula is C11H9F3N2O. The molecule has 0 bridgehead atoms. The van der Waals surface area contributed by atoms with E-state index in [1.807, 2.05) is 0 Å². The van der Waals surface area contributed by atoms with Crippen LogP contribution >= 0.6 is 0 Å². The van der Waals surface area contributed by atoms with Gasteiger partial charge in [-0.05, 0) is 5.56 Å². The van der Waals surface area contributed by atoms with Crippen LogP contribution in [-0.4, -0.2) is 11.3 Å². The Balaban J connectivity index is 2.19. The highest BCUT2D eigenvalue weighted by molar-refractivity contribution is 5.60. The van der Waals surface area contributed by atoms with Gasteiger partial charge in [0.25, 0.3) is 0 Å². The fraction of sp³-hybridized carbons (Fsp3) is 0.182. The molecule has 0 aliphatic carbocycles. The van der Waals surface area contributed by atoms with Crippen LogP contribution in [0.5, 0.6) is 0 Å². The maximum Gasteiger partial charge on any atom is 0.393 e. The van der Waals surface area contributed by atoms with Gasteiger partial charge >= 0.3 is 6.18 Å². The Kier molecular flexibility index (Phi) is 2.79. The number of rotatable bonds is 2. The molecule has 2 aromatic rings. The van der Waals surface area contributed by atoms with Crippen molar-refractivity contribution in [2.75, 3.05) is 5.73 Å². The van der Waals surface area contributed by atoms with E-state index in [2.05, 4.69) is 5.16 Å². The van der Waals surface area contributed by atoms with E-state index in [9.17, 15) is 13.2 Å². The summed E-state index contributed by atoms with van der Waals surface area (Å²) in [6, 6.07) is 7.41. The zero-order valence-electron chi connectivity index (χ0n) is 8.66. The van der Waals surface area contributed by atoms with E-state index < -0.39 is 12.6 Å². The van der Waals surface area contributed by atoms with Crippen molar-refractivity contribution in [3.05, 3.63) is 35.9 Å². The Bertz CT molecular complexity index is 502. The Labute approximate surface area is 95.0 Å². The molecule has 0 atom stereocenters. The molecule has 2 rings (SSSR count). The molecule has 1 aromatic heterocycles. The van der Waals surface area contributed by atoms with Gasteiger partial charge in [-0.25, -0.2) is 0 Å². The molecule has 90 valence electrons. The molecule has 0 amide bonds. The van der Waals surface area contributed by atoms with Crippen LogP contribution in [0.25, 0.3) is 11.3 Å². The number of alkyl halides is 3. The van der Waals surface area contributed by atoms with Crippen LogP contribution in [0, 0.1) is 0 Å². The van der Waals surface area contributed by atoms with Crippen molar-refractivity contribution in [2.45, 2.75) is 12.6 Å². The minimum atomic E-state index is -4.20. The lowest BCUT2D eigenvalue weighted by Gasteiger charge is -2.06. The van der Waals surface area contributed by atoms with Gasteiger partial charge in [-0.1, -0.05) is 29.4 Å². The molecule has 0 saturated heterocycles. The molecule has 3 nitrogen and oxygen atoms in total. The van der Waals surface area contributed by atoms with Crippen LogP contribution in [0.3, 0.4) is 0 Å². The van der Waals surface area contributed by atoms with Gasteiger partial charge in [0, 0.05) is 11.6 Å². The summed E-state index contributed by atoms with van der Waals surface area (Å²) >= 11 is 0. The van der Waals surface area contributed by atoms with Gasteiger partial charge < -0.3 is 10.3 Å². The van der Waals surface area contributed by atoms with Crippen molar-refractivity contribution in [3.8, 4) is 11.3 Å². The Morgan fingerprint density at radius 3 is 2.29 bits per heavy atom. The van der Waals surface area contributed by atoms with Gasteiger partial charge in [-0.15, -0.1) is 0 Å². The topological polar surface area (TPSA) is 52.0 Å². The van der Waals surface area contributed by atoms with Gasteiger partial charge in [-0.2, -0.15) is 13.2 Å². The second-order valence-corrected chi connectivity index (χ2v) is 3.60. The predicted octanol–water partition coefficient (Wildman–Crippen LogP) is 3.03. The van der Waals surface area contributed by atoms with Crippen LogP contribution in [0.2, 0.25) is 0 Å². The molecule has 0 saturated carbocycles. The predicted molar refractivity (Wildman–Crippen MR) is 56.1 cm³/mol. The first-order chi connectivity index (χ1) is 7.94. The van der Waals surface area contributed by atoms with Crippen molar-refractivity contribution in [1.82, 2.24) is 5.16 Å². The standard InChI is InChI=1S/C11H9F3N2O/c12-11(13,14)6-7-1-3-8(4-2-7)9-5-10(15)16-17-9/h1-5H,6H2,(H2,15,16). The monoisotopic (exact) mass is 242 g/mol. The Hall–Kier alpha value is -1.98. The lowest BCUT2D eigenvalue weighted by molar-refractivity contribution is -0.127. The van der Waals surface area contributed by atoms with E-state index in [0.717, 1.165) is 0 Å². The summed E-state index contributed by atoms with van der Waals surface area (Å²) in [6.07, 6.45) is -5.13. The second kappa shape index (κ2) is 4.12. The van der Waals surface area contributed by atoms with E-state index in [1.54, 1.807) is 12.1 Å². The summed E-state index contributed by atoms with van der Waals surface area (Å²) in [5.41, 5.74) is 6.22. The molecule has 0 aliphatic rings. The van der Waals surface area contributed by atoms with E-state index in [1.165, 1.54) is 18.2 Å². The molecule has 0 radical (unpaired) electrons. The summed E-state index contributed by atoms with van der Waals surface area (Å²) in [5.74, 6) is 0.667. The van der Waals surface area contributed by atoms with Gasteiger partial charge in [0.2, 0.25) is 0 Å². The molecule has 1 heterocycles. The highest BCUT2D eigenvalue weighted by Gasteiger charge is 2.27. The first-order valence-electron chi connectivity index (χ1n) is 4.82. The molecule has 17 heavy (non-hydrogen) atoms. The highest BCUT2D eigenvalue weighted by Crippen LogP contribution is 2.25. The number of hydrogen-bond donors (Lipinski definition) is 1. The van der Waals surface area contributed by atoms with Gasteiger partial charge in [0.15, 0.2) is 11.6 Å². The van der Waals surface area contributed by atoms with Crippen LogP contribution in [0.1, 0.15) is 5.56 Å². The lowest BCUT2D eigenvalue weighted by Crippen LogP contribution is -2.11. The summed E-state index contributed by atoms with van der Waals surface area (Å²) in [5, 5.41) is 3.50. The summed E-state index contributed by atoms with van der Waals surface area (Å²) in [7, 11) is 0. The fourth-order valence-corrected chi connectivity index (χ4v) is 1.44. The maximum absolute atomic E-state index is 12.1. The number of benzene rings is 1. The third kappa shape index (κ3) is 2.99. The normalized spacial score (nSPS) is 11.7. The van der Waals surface area contributed by atoms with Crippen LogP contribution < -0.4 is 5.73 Å². The Morgan fingerprint density at radius 2 is 1.82 bits per heavy atom. The largest absolute Gasteiger partial charge is 0.393 e. The number of nitrogens with two attached hydrogens (primary N) is 1. The molecule has 0 unspecified atom stereocenters. The quantitative estimate of drug-likeness (QED) is 0.880. The van der Waals surface area contributed by atoms with Crippen LogP contribution in [0.15, 0.2) is 34.9 Å². The van der Waals surface area contributed by atoms with Crippen molar-refractivity contribution < 1.29 is 17.7 Å². The van der Waals surface area contributed by atoms with Crippen molar-refractivity contribution in [2.24, 2.45) is 0 Å². The number of nitrogens with zero attached hydrogens (tertiary/aromatic N) is 1. The van der Waals surface area contributed by atoms with Gasteiger partial charge in [0.1, 0.15) is 0 Å². The number of aromatic nitrogens is 1. The molecule has 0 spiro atoms. The number of halogens is 3. The Morgan fingerprint density at radius 1 is 1.18 bits per heavy atom. The van der Waals surface area contributed by atoms with E-state index >= 15 is 0 Å². The zero-order chi connectivity index (χ0) is 12.5. The summed E-state index contributed by atoms with van der Waals surface area (Å²) in [4.78, 5) is 0. The second-order valence-electron chi connectivity index (χ2n) is 3.60. The maximum atomic E-state index is 12.1. The van der Waals surface area contributed by atoms with Crippen LogP contribution in [-0.2, 0) is 6.42 Å². The van der Waals surface area contributed by atoms with Crippen LogP contribution in [0.4, 0.5) is 19.0 Å². The van der Waals surface area contributed by atoms with E-state index in [4.69, 9.17) is 10.3 Å². The average Bonchev–Trinajstić information content (AvgIpc) is 2.63. The number of anilines is 1. The van der Waals surface area contributed by atoms with Crippen molar-refractivity contribution >= 4 is 5.82 Å². The van der Waals surface area contributed by atoms with Gasteiger partial charge in [0.05, 0.1) is 6.42 Å². The highest BCUT2D eigenvalue weighted by atomic mass is 19.4. The third-order valence-corrected chi connectivity index (χ3v) is 2.17. The fourth-order valence-electron chi connectivity index (χ4n) is 1.44. The molecular weight excluding hydrogens is 233 g/mol. The number of nitrogen functional groups attached to an aromatic ring is 1. The summed E-state index contributed by atoms with van der Waals surface area (Å²) in [6.45, 7) is 0. The van der Waals surface area contributed by atoms with E-state index in [-0.39, 0.29) is 11.4 Å². The SMILES string of the molecule is Nc1cc(-c2ccc(CC(F)(F)F)cc2)on1. The van der Waals surface area contributed by atoms with E-state index in [0.29, 0.717) is 11.3 Å². The average molecular weight is 242 g/mol. The first kappa shape index (κ1) is 11.5. The molecule has 6 heteroatoms. The third-order valence-electron chi connectivity index (χ3n) is 2.17. The van der Waals surface area contributed by atoms with Crippen molar-refractivity contribution in [1.29, 1.82) is 0 Å². The van der Waals surface area contributed by atoms with Gasteiger partial charge in [-0.3, -0.25) is 0 Å². The minimum Gasteiger partial charge on any atom is -0.381 e. The zero-order valence-corrected chi connectivity index (χ0v) is 8.66. The molecule has 2 N–H and O–H groups in total.